The van der Waals surface area contributed by atoms with Gasteiger partial charge >= 0.3 is 5.97 Å². The van der Waals surface area contributed by atoms with E-state index in [-0.39, 0.29) is 30.8 Å². The van der Waals surface area contributed by atoms with Crippen LogP contribution in [0.15, 0.2) is 30.3 Å². The first-order chi connectivity index (χ1) is 10.8. The highest BCUT2D eigenvalue weighted by molar-refractivity contribution is 6.18. The molecule has 1 aromatic carbocycles. The van der Waals surface area contributed by atoms with Crippen molar-refractivity contribution in [1.82, 2.24) is 5.32 Å². The summed E-state index contributed by atoms with van der Waals surface area (Å²) in [4.78, 5) is 48.3. The van der Waals surface area contributed by atoms with Crippen LogP contribution in [0.25, 0.3) is 0 Å². The number of ketones is 2. The lowest BCUT2D eigenvalue weighted by Gasteiger charge is -2.30. The van der Waals surface area contributed by atoms with Gasteiger partial charge in [-0.15, -0.1) is 0 Å². The summed E-state index contributed by atoms with van der Waals surface area (Å²) in [5.74, 6) is -2.19. The van der Waals surface area contributed by atoms with Gasteiger partial charge in [-0.3, -0.25) is 9.59 Å². The van der Waals surface area contributed by atoms with E-state index in [4.69, 9.17) is 4.74 Å². The molecule has 1 aromatic rings. The normalized spacial score (nSPS) is 12.8. The zero-order chi connectivity index (χ0) is 17.5. The monoisotopic (exact) mass is 319 g/mol. The average Bonchev–Trinajstić information content (AvgIpc) is 2.51. The molecule has 0 bridgehead atoms. The number of esters is 1. The van der Waals surface area contributed by atoms with Crippen molar-refractivity contribution in [3.63, 3.8) is 0 Å². The Hall–Kier alpha value is -2.50. The van der Waals surface area contributed by atoms with Crippen molar-refractivity contribution < 1.29 is 23.9 Å². The Morgan fingerprint density at radius 1 is 1.09 bits per heavy atom. The maximum absolute atomic E-state index is 12.9. The van der Waals surface area contributed by atoms with Crippen LogP contribution < -0.4 is 5.32 Å². The van der Waals surface area contributed by atoms with E-state index in [9.17, 15) is 19.2 Å². The van der Waals surface area contributed by atoms with Gasteiger partial charge in [-0.25, -0.2) is 4.79 Å². The molecule has 6 nitrogen and oxygen atoms in total. The van der Waals surface area contributed by atoms with Crippen LogP contribution in [0.2, 0.25) is 0 Å². The topological polar surface area (TPSA) is 89.5 Å². The number of benzene rings is 1. The van der Waals surface area contributed by atoms with Crippen LogP contribution in [0.5, 0.6) is 0 Å². The number of rotatable bonds is 8. The highest BCUT2D eigenvalue weighted by Gasteiger charge is 2.48. The van der Waals surface area contributed by atoms with Gasteiger partial charge in [-0.05, 0) is 20.3 Å². The largest absolute Gasteiger partial charge is 0.464 e. The van der Waals surface area contributed by atoms with E-state index < -0.39 is 23.2 Å². The molecule has 0 aliphatic rings. The van der Waals surface area contributed by atoms with Crippen LogP contribution in [0.4, 0.5) is 0 Å². The number of carbonyl (C=O) groups excluding carboxylic acids is 4. The zero-order valence-electron chi connectivity index (χ0n) is 13.5. The van der Waals surface area contributed by atoms with E-state index in [0.717, 1.165) is 0 Å². The van der Waals surface area contributed by atoms with Gasteiger partial charge in [-0.2, -0.15) is 0 Å². The Morgan fingerprint density at radius 3 is 2.17 bits per heavy atom. The first kappa shape index (κ1) is 18.5. The van der Waals surface area contributed by atoms with Gasteiger partial charge in [0.25, 0.3) is 0 Å². The number of hydrogen-bond acceptors (Lipinski definition) is 5. The molecule has 0 fully saturated rings. The first-order valence-electron chi connectivity index (χ1n) is 7.38. The van der Waals surface area contributed by atoms with Crippen molar-refractivity contribution >= 4 is 23.4 Å². The molecule has 0 saturated carbocycles. The second kappa shape index (κ2) is 8.22. The molecule has 0 heterocycles. The molecule has 0 aliphatic carbocycles. The van der Waals surface area contributed by atoms with Gasteiger partial charge < -0.3 is 14.8 Å². The van der Waals surface area contributed by atoms with Crippen LogP contribution in [0.3, 0.4) is 0 Å². The Balaban J connectivity index is 3.34. The lowest BCUT2D eigenvalue weighted by atomic mass is 9.84. The molecule has 0 radical (unpaired) electrons. The minimum Gasteiger partial charge on any atom is -0.464 e. The highest BCUT2D eigenvalue weighted by atomic mass is 16.5. The quantitative estimate of drug-likeness (QED) is 0.447. The summed E-state index contributed by atoms with van der Waals surface area (Å²) >= 11 is 0. The van der Waals surface area contributed by atoms with Crippen molar-refractivity contribution in [3.05, 3.63) is 35.9 Å². The van der Waals surface area contributed by atoms with Crippen molar-refractivity contribution in [2.24, 2.45) is 0 Å². The van der Waals surface area contributed by atoms with Crippen LogP contribution >= 0.6 is 0 Å². The molecule has 1 unspecified atom stereocenters. The van der Waals surface area contributed by atoms with Crippen LogP contribution in [0.1, 0.15) is 44.0 Å². The minimum atomic E-state index is -1.89. The minimum absolute atomic E-state index is 0.0301. The molecule has 0 spiro atoms. The molecule has 23 heavy (non-hydrogen) atoms. The number of ether oxygens (including phenoxy) is 1. The molecule has 1 amide bonds. The lowest BCUT2D eigenvalue weighted by Crippen LogP contribution is -2.60. The molecular formula is C17H21NO5. The van der Waals surface area contributed by atoms with Crippen LogP contribution in [-0.2, 0) is 19.1 Å². The third kappa shape index (κ3) is 4.74. The fourth-order valence-electron chi connectivity index (χ4n) is 2.23. The summed E-state index contributed by atoms with van der Waals surface area (Å²) < 4.78 is 5.00. The second-order valence-corrected chi connectivity index (χ2v) is 5.20. The van der Waals surface area contributed by atoms with Gasteiger partial charge in [0.2, 0.25) is 11.4 Å². The number of hydrogen-bond donors (Lipinski definition) is 1. The molecule has 0 aromatic heterocycles. The summed E-state index contributed by atoms with van der Waals surface area (Å²) in [5.41, 5.74) is -1.63. The third-order valence-corrected chi connectivity index (χ3v) is 3.29. The lowest BCUT2D eigenvalue weighted by molar-refractivity contribution is -0.151. The fraction of sp³-hybridized carbons (Fsp3) is 0.412. The SMILES string of the molecule is CCOC(=O)C(CCC(C)=O)(NC(C)=O)C(=O)c1ccccc1. The van der Waals surface area contributed by atoms with Gasteiger partial charge in [0, 0.05) is 18.9 Å². The maximum atomic E-state index is 12.9. The first-order valence-corrected chi connectivity index (χ1v) is 7.38. The van der Waals surface area contributed by atoms with Gasteiger partial charge in [0.15, 0.2) is 5.78 Å². The maximum Gasteiger partial charge on any atom is 0.340 e. The third-order valence-electron chi connectivity index (χ3n) is 3.29. The molecule has 1 atom stereocenters. The number of nitrogens with one attached hydrogen (secondary N) is 1. The van der Waals surface area contributed by atoms with Crippen molar-refractivity contribution in [1.29, 1.82) is 0 Å². The van der Waals surface area contributed by atoms with Crippen LogP contribution in [0, 0.1) is 0 Å². The predicted octanol–water partition coefficient (Wildman–Crippen LogP) is 1.68. The van der Waals surface area contributed by atoms with Crippen molar-refractivity contribution in [2.75, 3.05) is 6.61 Å². The summed E-state index contributed by atoms with van der Waals surface area (Å²) in [6.07, 6.45) is -0.174. The zero-order valence-corrected chi connectivity index (χ0v) is 13.5. The standard InChI is InChI=1S/C17H21NO5/c1-4-23-16(22)17(18-13(3)20,11-10-12(2)19)15(21)14-8-6-5-7-9-14/h5-9H,4,10-11H2,1-3H3,(H,18,20). The molecular weight excluding hydrogens is 298 g/mol. The van der Waals surface area contributed by atoms with Crippen LogP contribution in [-0.4, -0.2) is 35.6 Å². The number of amides is 1. The molecule has 1 rings (SSSR count). The van der Waals surface area contributed by atoms with E-state index in [0.29, 0.717) is 0 Å². The van der Waals surface area contributed by atoms with E-state index in [1.807, 2.05) is 0 Å². The van der Waals surface area contributed by atoms with Gasteiger partial charge in [-0.1, -0.05) is 30.3 Å². The Morgan fingerprint density at radius 2 is 1.70 bits per heavy atom. The van der Waals surface area contributed by atoms with Crippen molar-refractivity contribution in [2.45, 2.75) is 39.2 Å². The number of carbonyl (C=O) groups is 4. The van der Waals surface area contributed by atoms with E-state index in [2.05, 4.69) is 5.32 Å². The van der Waals surface area contributed by atoms with Gasteiger partial charge in [0.1, 0.15) is 5.78 Å². The molecule has 6 heteroatoms. The molecule has 124 valence electrons. The number of Topliss-reactive ketones (excluding diaryl/α,β-unsaturated/α-hetero) is 2. The second-order valence-electron chi connectivity index (χ2n) is 5.20. The van der Waals surface area contributed by atoms with E-state index in [1.54, 1.807) is 37.3 Å². The van der Waals surface area contributed by atoms with E-state index >= 15 is 0 Å². The highest BCUT2D eigenvalue weighted by Crippen LogP contribution is 2.22. The van der Waals surface area contributed by atoms with Gasteiger partial charge in [0.05, 0.1) is 6.61 Å². The summed E-state index contributed by atoms with van der Waals surface area (Å²) in [7, 11) is 0. The smallest absolute Gasteiger partial charge is 0.340 e. The summed E-state index contributed by atoms with van der Waals surface area (Å²) in [6, 6.07) is 8.14. The summed E-state index contributed by atoms with van der Waals surface area (Å²) in [5, 5.41) is 2.42. The fourth-order valence-corrected chi connectivity index (χ4v) is 2.23. The molecule has 0 saturated heterocycles. The Labute approximate surface area is 135 Å². The van der Waals surface area contributed by atoms with Crippen molar-refractivity contribution in [3.8, 4) is 0 Å². The Kier molecular flexibility index (Phi) is 6.63. The molecule has 1 N–H and O–H groups in total. The predicted molar refractivity (Wildman–Crippen MR) is 83.9 cm³/mol. The average molecular weight is 319 g/mol. The Bertz CT molecular complexity index is 596. The molecule has 0 aliphatic heterocycles. The van der Waals surface area contributed by atoms with E-state index in [1.165, 1.54) is 13.8 Å². The summed E-state index contributed by atoms with van der Waals surface area (Å²) in [6.45, 7) is 4.23.